The maximum Gasteiger partial charge on any atom is 0.453 e. The van der Waals surface area contributed by atoms with Crippen LogP contribution >= 0.6 is 11.3 Å². The average molecular weight is 482 g/mol. The van der Waals surface area contributed by atoms with Gasteiger partial charge >= 0.3 is 12.1 Å². The predicted octanol–water partition coefficient (Wildman–Crippen LogP) is 3.54. The molecule has 1 amide bonds. The highest BCUT2D eigenvalue weighted by molar-refractivity contribution is 7.18. The van der Waals surface area contributed by atoms with Gasteiger partial charge in [0.15, 0.2) is 5.65 Å². The second-order valence-corrected chi connectivity index (χ2v) is 8.63. The molecule has 1 aliphatic rings. The van der Waals surface area contributed by atoms with Gasteiger partial charge in [-0.1, -0.05) is 0 Å². The number of carbonyl (C=O) groups is 2. The smallest absolute Gasteiger partial charge is 0.453 e. The quantitative estimate of drug-likeness (QED) is 0.555. The monoisotopic (exact) mass is 482 g/mol. The first-order valence-electron chi connectivity index (χ1n) is 10.3. The first-order valence-corrected chi connectivity index (χ1v) is 11.1. The Morgan fingerprint density at radius 2 is 1.97 bits per heavy atom. The molecule has 13 heteroatoms. The Labute approximate surface area is 190 Å². The fourth-order valence-electron chi connectivity index (χ4n) is 3.66. The summed E-state index contributed by atoms with van der Waals surface area (Å²) < 4.78 is 45.0. The summed E-state index contributed by atoms with van der Waals surface area (Å²) in [5.74, 6) is -1.66. The summed E-state index contributed by atoms with van der Waals surface area (Å²) in [6.45, 7) is 4.69. The highest BCUT2D eigenvalue weighted by Gasteiger charge is 2.38. The Hall–Kier alpha value is -3.22. The van der Waals surface area contributed by atoms with E-state index >= 15 is 0 Å². The molecular weight excluding hydrogens is 461 g/mol. The van der Waals surface area contributed by atoms with Crippen molar-refractivity contribution in [2.45, 2.75) is 32.9 Å². The van der Waals surface area contributed by atoms with E-state index in [9.17, 15) is 22.8 Å². The number of carbonyl (C=O) groups excluding carboxylic acids is 2. The van der Waals surface area contributed by atoms with Gasteiger partial charge in [-0.05, 0) is 50.5 Å². The highest BCUT2D eigenvalue weighted by Crippen LogP contribution is 2.30. The Balaban J connectivity index is 1.39. The normalized spacial score (nSPS) is 15.1. The maximum atomic E-state index is 13.1. The first kappa shape index (κ1) is 23.0. The van der Waals surface area contributed by atoms with E-state index in [1.807, 2.05) is 4.90 Å². The van der Waals surface area contributed by atoms with Crippen molar-refractivity contribution >= 4 is 39.7 Å². The van der Waals surface area contributed by atoms with E-state index in [2.05, 4.69) is 20.6 Å². The van der Waals surface area contributed by atoms with Crippen molar-refractivity contribution in [2.24, 2.45) is 5.92 Å². The van der Waals surface area contributed by atoms with E-state index < -0.39 is 18.0 Å². The second kappa shape index (κ2) is 8.96. The van der Waals surface area contributed by atoms with Crippen LogP contribution in [0.1, 0.15) is 40.8 Å². The number of piperidine rings is 1. The molecule has 4 rings (SSSR count). The number of thiophene rings is 1. The molecule has 0 radical (unpaired) electrons. The van der Waals surface area contributed by atoms with Gasteiger partial charge in [0.25, 0.3) is 5.82 Å². The molecule has 176 valence electrons. The average Bonchev–Trinajstić information content (AvgIpc) is 3.36. The van der Waals surface area contributed by atoms with Crippen LogP contribution in [0, 0.1) is 12.8 Å². The minimum Gasteiger partial charge on any atom is -0.462 e. The maximum absolute atomic E-state index is 13.1. The summed E-state index contributed by atoms with van der Waals surface area (Å²) in [6.07, 6.45) is -3.65. The Bertz CT molecular complexity index is 1180. The number of amides is 1. The lowest BCUT2D eigenvalue weighted by Crippen LogP contribution is -2.38. The molecule has 33 heavy (non-hydrogen) atoms. The summed E-state index contributed by atoms with van der Waals surface area (Å²) in [7, 11) is 0. The van der Waals surface area contributed by atoms with Crippen LogP contribution in [-0.2, 0) is 15.7 Å². The van der Waals surface area contributed by atoms with Gasteiger partial charge in [-0.3, -0.25) is 4.79 Å². The Morgan fingerprint density at radius 1 is 1.24 bits per heavy atom. The van der Waals surface area contributed by atoms with Gasteiger partial charge in [0.1, 0.15) is 10.7 Å². The molecule has 3 aromatic rings. The largest absolute Gasteiger partial charge is 0.462 e. The minimum absolute atomic E-state index is 0.00812. The number of aryl methyl sites for hydroxylation is 1. The molecule has 0 bridgehead atoms. The topological polar surface area (TPSA) is 102 Å². The van der Waals surface area contributed by atoms with Crippen LogP contribution in [0.5, 0.6) is 0 Å². The molecule has 0 unspecified atom stereocenters. The molecule has 4 heterocycles. The molecule has 1 N–H and O–H groups in total. The van der Waals surface area contributed by atoms with E-state index in [0.29, 0.717) is 46.1 Å². The van der Waals surface area contributed by atoms with Crippen molar-refractivity contribution in [3.8, 4) is 0 Å². The fraction of sp³-hybridized carbons (Fsp3) is 0.450. The van der Waals surface area contributed by atoms with Crippen LogP contribution in [0.3, 0.4) is 0 Å². The van der Waals surface area contributed by atoms with E-state index in [1.165, 1.54) is 17.4 Å². The number of nitrogens with one attached hydrogen (secondary N) is 1. The Morgan fingerprint density at radius 3 is 2.64 bits per heavy atom. The van der Waals surface area contributed by atoms with E-state index in [1.54, 1.807) is 26.0 Å². The molecule has 0 aliphatic carbocycles. The molecule has 0 atom stereocenters. The summed E-state index contributed by atoms with van der Waals surface area (Å²) in [4.78, 5) is 27.0. The summed E-state index contributed by atoms with van der Waals surface area (Å²) in [5.41, 5.74) is 0.742. The van der Waals surface area contributed by atoms with Crippen LogP contribution in [-0.4, -0.2) is 51.4 Å². The van der Waals surface area contributed by atoms with Gasteiger partial charge in [0.05, 0.1) is 11.6 Å². The van der Waals surface area contributed by atoms with Crippen molar-refractivity contribution in [3.05, 3.63) is 34.5 Å². The number of hydrogen-bond acceptors (Lipinski definition) is 8. The summed E-state index contributed by atoms with van der Waals surface area (Å²) in [5, 5.41) is 14.2. The number of aromatic nitrogens is 4. The van der Waals surface area contributed by atoms with Crippen LogP contribution in [0.15, 0.2) is 18.2 Å². The third kappa shape index (κ3) is 4.77. The van der Waals surface area contributed by atoms with Crippen molar-refractivity contribution in [3.63, 3.8) is 0 Å². The third-order valence-electron chi connectivity index (χ3n) is 5.32. The number of ether oxygens (including phenoxy) is 1. The van der Waals surface area contributed by atoms with Crippen molar-refractivity contribution in [1.29, 1.82) is 0 Å². The van der Waals surface area contributed by atoms with E-state index in [4.69, 9.17) is 4.74 Å². The summed E-state index contributed by atoms with van der Waals surface area (Å²) >= 11 is 1.17. The number of rotatable bonds is 5. The molecule has 0 aromatic carbocycles. The van der Waals surface area contributed by atoms with Crippen LogP contribution < -0.4 is 10.2 Å². The fourth-order valence-corrected chi connectivity index (χ4v) is 4.63. The summed E-state index contributed by atoms with van der Waals surface area (Å²) in [6, 6.07) is 4.76. The molecule has 1 aliphatic heterocycles. The van der Waals surface area contributed by atoms with Crippen molar-refractivity contribution < 1.29 is 27.5 Å². The number of nitrogens with zero attached hydrogens (tertiary/aromatic N) is 5. The van der Waals surface area contributed by atoms with Gasteiger partial charge in [-0.25, -0.2) is 4.79 Å². The molecule has 1 saturated heterocycles. The lowest BCUT2D eigenvalue weighted by atomic mass is 9.96. The van der Waals surface area contributed by atoms with Gasteiger partial charge in [0, 0.05) is 19.0 Å². The van der Waals surface area contributed by atoms with Gasteiger partial charge in [-0.2, -0.15) is 17.7 Å². The molecule has 1 fully saturated rings. The van der Waals surface area contributed by atoms with Gasteiger partial charge in [0.2, 0.25) is 5.91 Å². The van der Waals surface area contributed by atoms with Crippen molar-refractivity contribution in [2.75, 3.05) is 29.9 Å². The van der Waals surface area contributed by atoms with E-state index in [-0.39, 0.29) is 24.1 Å². The standard InChI is InChI=1S/C20H21F3N6O3S/c1-3-32-18(31)16-11(2)10-15(33-16)24-17(30)12-6-8-28(9-7-12)14-5-4-13-25-26-19(20(21,22)23)29(13)27-14/h4-5,10,12H,3,6-9H2,1-2H3,(H,24,30). The van der Waals surface area contributed by atoms with Crippen LogP contribution in [0.25, 0.3) is 5.65 Å². The lowest BCUT2D eigenvalue weighted by molar-refractivity contribution is -0.146. The van der Waals surface area contributed by atoms with Crippen molar-refractivity contribution in [1.82, 2.24) is 19.8 Å². The molecule has 0 saturated carbocycles. The zero-order valence-electron chi connectivity index (χ0n) is 17.8. The zero-order chi connectivity index (χ0) is 23.8. The second-order valence-electron chi connectivity index (χ2n) is 7.58. The Kier molecular flexibility index (Phi) is 6.23. The third-order valence-corrected chi connectivity index (χ3v) is 6.45. The van der Waals surface area contributed by atoms with Gasteiger partial charge in [-0.15, -0.1) is 26.6 Å². The zero-order valence-corrected chi connectivity index (χ0v) is 18.7. The number of hydrogen-bond donors (Lipinski definition) is 1. The molecule has 0 spiro atoms. The molecule has 9 nitrogen and oxygen atoms in total. The van der Waals surface area contributed by atoms with Crippen LogP contribution in [0.2, 0.25) is 0 Å². The molecular formula is C20H21F3N6O3S. The molecule has 3 aromatic heterocycles. The van der Waals surface area contributed by atoms with Gasteiger partial charge < -0.3 is 15.0 Å². The number of alkyl halides is 3. The SMILES string of the molecule is CCOC(=O)c1sc(NC(=O)C2CCN(c3ccc4nnc(C(F)(F)F)n4n3)CC2)cc1C. The number of fused-ring (bicyclic) bond motifs is 1. The minimum atomic E-state index is -4.66. The number of halogens is 3. The number of anilines is 2. The number of esters is 1. The van der Waals surface area contributed by atoms with E-state index in [0.717, 1.165) is 5.56 Å². The van der Waals surface area contributed by atoms with Crippen LogP contribution in [0.4, 0.5) is 24.0 Å². The first-order chi connectivity index (χ1) is 15.7. The highest BCUT2D eigenvalue weighted by atomic mass is 32.1. The lowest BCUT2D eigenvalue weighted by Gasteiger charge is -2.31. The predicted molar refractivity (Wildman–Crippen MR) is 114 cm³/mol.